The van der Waals surface area contributed by atoms with Crippen LogP contribution in [0.4, 0.5) is 0 Å². The van der Waals surface area contributed by atoms with Crippen LogP contribution in [0, 0.1) is 6.92 Å². The van der Waals surface area contributed by atoms with Crippen LogP contribution < -0.4 is 5.32 Å². The summed E-state index contributed by atoms with van der Waals surface area (Å²) < 4.78 is 4.96. The molecule has 1 N–H and O–H groups in total. The molecule has 0 radical (unpaired) electrons. The summed E-state index contributed by atoms with van der Waals surface area (Å²) in [5, 5.41) is 2.82. The van der Waals surface area contributed by atoms with Crippen molar-refractivity contribution >= 4 is 29.0 Å². The fourth-order valence-corrected chi connectivity index (χ4v) is 3.39. The number of Topliss-reactive ketones (excluding diaryl/α,β-unsaturated/α-hetero) is 1. The molecule has 1 atom stereocenters. The average Bonchev–Trinajstić information content (AvgIpc) is 3.10. The Bertz CT molecular complexity index is 769. The molecule has 1 heterocycles. The molecule has 0 unspecified atom stereocenters. The van der Waals surface area contributed by atoms with Crippen molar-refractivity contribution in [1.82, 2.24) is 5.32 Å². The van der Waals surface area contributed by atoms with Crippen molar-refractivity contribution < 1.29 is 19.1 Å². The van der Waals surface area contributed by atoms with Crippen molar-refractivity contribution in [1.29, 1.82) is 0 Å². The third kappa shape index (κ3) is 7.74. The van der Waals surface area contributed by atoms with Gasteiger partial charge in [-0.2, -0.15) is 0 Å². The van der Waals surface area contributed by atoms with E-state index < -0.39 is 5.97 Å². The number of hydrogen-bond donors (Lipinski definition) is 1. The Balaban J connectivity index is 1.61. The van der Waals surface area contributed by atoms with Gasteiger partial charge in [-0.3, -0.25) is 14.4 Å². The van der Waals surface area contributed by atoms with Crippen molar-refractivity contribution in [3.05, 3.63) is 57.8 Å². The summed E-state index contributed by atoms with van der Waals surface area (Å²) in [6, 6.07) is 13.7. The first-order chi connectivity index (χ1) is 12.9. The third-order valence-corrected chi connectivity index (χ3v) is 5.09. The summed E-state index contributed by atoms with van der Waals surface area (Å²) in [7, 11) is 0. The van der Waals surface area contributed by atoms with Gasteiger partial charge >= 0.3 is 5.97 Å². The molecule has 2 rings (SSSR count). The molecule has 0 aliphatic carbocycles. The molecule has 27 heavy (non-hydrogen) atoms. The highest BCUT2D eigenvalue weighted by atomic mass is 32.1. The van der Waals surface area contributed by atoms with Crippen LogP contribution in [-0.2, 0) is 20.7 Å². The highest BCUT2D eigenvalue weighted by molar-refractivity contribution is 7.14. The molecule has 1 aromatic carbocycles. The van der Waals surface area contributed by atoms with Gasteiger partial charge in [-0.15, -0.1) is 11.3 Å². The summed E-state index contributed by atoms with van der Waals surface area (Å²) >= 11 is 1.41. The standard InChI is InChI=1S/C21H25NO4S/c1-15(8-10-17-6-4-3-5-7-17)22-20(24)14-26-21(25)13-11-18(23)19-12-9-16(2)27-19/h3-7,9,12,15H,8,10-11,13-14H2,1-2H3,(H,22,24)/t15-/m1/s1. The highest BCUT2D eigenvalue weighted by Crippen LogP contribution is 2.17. The van der Waals surface area contributed by atoms with Gasteiger partial charge in [0.05, 0.1) is 11.3 Å². The zero-order chi connectivity index (χ0) is 19.6. The molecule has 144 valence electrons. The molecule has 0 aliphatic heterocycles. The van der Waals surface area contributed by atoms with E-state index in [4.69, 9.17) is 4.74 Å². The van der Waals surface area contributed by atoms with Gasteiger partial charge in [0, 0.05) is 17.3 Å². The second-order valence-corrected chi connectivity index (χ2v) is 7.77. The van der Waals surface area contributed by atoms with E-state index in [9.17, 15) is 14.4 Å². The molecule has 0 aliphatic rings. The molecule has 6 heteroatoms. The van der Waals surface area contributed by atoms with Crippen LogP contribution >= 0.6 is 11.3 Å². The molecular weight excluding hydrogens is 362 g/mol. The van der Waals surface area contributed by atoms with Gasteiger partial charge in [0.15, 0.2) is 12.4 Å². The van der Waals surface area contributed by atoms with Gasteiger partial charge < -0.3 is 10.1 Å². The number of ether oxygens (including phenoxy) is 1. The predicted octanol–water partition coefficient (Wildman–Crippen LogP) is 3.70. The number of rotatable bonds is 10. The van der Waals surface area contributed by atoms with Crippen molar-refractivity contribution in [2.45, 2.75) is 45.6 Å². The maximum Gasteiger partial charge on any atom is 0.306 e. The number of nitrogens with one attached hydrogen (secondary N) is 1. The van der Waals surface area contributed by atoms with Gasteiger partial charge in [-0.05, 0) is 44.4 Å². The Morgan fingerprint density at radius 3 is 2.48 bits per heavy atom. The minimum absolute atomic E-state index is 0.0138. The highest BCUT2D eigenvalue weighted by Gasteiger charge is 2.14. The van der Waals surface area contributed by atoms with Crippen LogP contribution in [0.5, 0.6) is 0 Å². The normalized spacial score (nSPS) is 11.6. The van der Waals surface area contributed by atoms with E-state index in [1.807, 2.05) is 38.1 Å². The second kappa shape index (κ2) is 10.6. The summed E-state index contributed by atoms with van der Waals surface area (Å²) in [6.07, 6.45) is 1.74. The number of esters is 1. The lowest BCUT2D eigenvalue weighted by Crippen LogP contribution is -2.36. The fourth-order valence-electron chi connectivity index (χ4n) is 2.56. The number of benzene rings is 1. The van der Waals surface area contributed by atoms with Gasteiger partial charge in [0.25, 0.3) is 5.91 Å². The summed E-state index contributed by atoms with van der Waals surface area (Å²) in [5.41, 5.74) is 1.22. The molecule has 1 amide bonds. The Kier molecular flexibility index (Phi) is 8.20. The van der Waals surface area contributed by atoms with Gasteiger partial charge in [0.2, 0.25) is 0 Å². The lowest BCUT2D eigenvalue weighted by Gasteiger charge is -2.14. The lowest BCUT2D eigenvalue weighted by atomic mass is 10.1. The maximum atomic E-state index is 12.0. The van der Waals surface area contributed by atoms with E-state index in [0.29, 0.717) is 4.88 Å². The molecule has 5 nitrogen and oxygen atoms in total. The first-order valence-electron chi connectivity index (χ1n) is 9.02. The largest absolute Gasteiger partial charge is 0.456 e. The zero-order valence-electron chi connectivity index (χ0n) is 15.7. The Morgan fingerprint density at radius 1 is 1.07 bits per heavy atom. The van der Waals surface area contributed by atoms with Crippen LogP contribution in [0.2, 0.25) is 0 Å². The first kappa shape index (κ1) is 20.8. The van der Waals surface area contributed by atoms with Crippen LogP contribution in [0.3, 0.4) is 0 Å². The maximum absolute atomic E-state index is 12.0. The van der Waals surface area contributed by atoms with Crippen LogP contribution in [0.15, 0.2) is 42.5 Å². The zero-order valence-corrected chi connectivity index (χ0v) is 16.5. The molecule has 0 spiro atoms. The van der Waals surface area contributed by atoms with E-state index in [1.165, 1.54) is 16.9 Å². The quantitative estimate of drug-likeness (QED) is 0.498. The van der Waals surface area contributed by atoms with Crippen molar-refractivity contribution in [2.75, 3.05) is 6.61 Å². The third-order valence-electron chi connectivity index (χ3n) is 4.05. The molecular formula is C21H25NO4S. The van der Waals surface area contributed by atoms with Gasteiger partial charge in [-0.1, -0.05) is 30.3 Å². The Hall–Kier alpha value is -2.47. The number of carbonyl (C=O) groups excluding carboxylic acids is 3. The fraction of sp³-hybridized carbons (Fsp3) is 0.381. The Labute approximate surface area is 163 Å². The molecule has 1 aromatic heterocycles. The van der Waals surface area contributed by atoms with Crippen LogP contribution in [0.1, 0.15) is 46.3 Å². The van der Waals surface area contributed by atoms with E-state index in [-0.39, 0.29) is 37.2 Å². The molecule has 0 saturated heterocycles. The number of aryl methyl sites for hydroxylation is 2. The summed E-state index contributed by atoms with van der Waals surface area (Å²) in [5.74, 6) is -0.947. The lowest BCUT2D eigenvalue weighted by molar-refractivity contribution is -0.148. The van der Waals surface area contributed by atoms with Crippen molar-refractivity contribution in [3.8, 4) is 0 Å². The van der Waals surface area contributed by atoms with Crippen molar-refractivity contribution in [2.24, 2.45) is 0 Å². The second-order valence-electron chi connectivity index (χ2n) is 6.49. The summed E-state index contributed by atoms with van der Waals surface area (Å²) in [4.78, 5) is 37.3. The Morgan fingerprint density at radius 2 is 1.81 bits per heavy atom. The summed E-state index contributed by atoms with van der Waals surface area (Å²) in [6.45, 7) is 3.53. The van der Waals surface area contributed by atoms with E-state index in [2.05, 4.69) is 17.4 Å². The van der Waals surface area contributed by atoms with Crippen LogP contribution in [-0.4, -0.2) is 30.3 Å². The molecule has 0 saturated carbocycles. The SMILES string of the molecule is Cc1ccc(C(=O)CCC(=O)OCC(=O)N[C@H](C)CCc2ccccc2)s1. The molecule has 2 aromatic rings. The number of thiophene rings is 1. The van der Waals surface area contributed by atoms with Gasteiger partial charge in [0.1, 0.15) is 0 Å². The number of hydrogen-bond acceptors (Lipinski definition) is 5. The van der Waals surface area contributed by atoms with E-state index in [0.717, 1.165) is 17.7 Å². The minimum atomic E-state index is -0.538. The van der Waals surface area contributed by atoms with Gasteiger partial charge in [-0.25, -0.2) is 0 Å². The topological polar surface area (TPSA) is 72.5 Å². The average molecular weight is 388 g/mol. The van der Waals surface area contributed by atoms with Crippen molar-refractivity contribution in [3.63, 3.8) is 0 Å². The number of amides is 1. The predicted molar refractivity (Wildman–Crippen MR) is 106 cm³/mol. The van der Waals surface area contributed by atoms with E-state index >= 15 is 0 Å². The number of ketones is 1. The number of carbonyl (C=O) groups is 3. The monoisotopic (exact) mass is 387 g/mol. The smallest absolute Gasteiger partial charge is 0.306 e. The minimum Gasteiger partial charge on any atom is -0.456 e. The first-order valence-corrected chi connectivity index (χ1v) is 9.84. The molecule has 0 bridgehead atoms. The van der Waals surface area contributed by atoms with E-state index in [1.54, 1.807) is 6.07 Å². The van der Waals surface area contributed by atoms with Crippen LogP contribution in [0.25, 0.3) is 0 Å². The molecule has 0 fully saturated rings.